The van der Waals surface area contributed by atoms with Gasteiger partial charge in [0.05, 0.1) is 5.60 Å². The van der Waals surface area contributed by atoms with Gasteiger partial charge in [-0.25, -0.2) is 4.79 Å². The molecule has 2 fully saturated rings. The molecule has 1 heterocycles. The van der Waals surface area contributed by atoms with E-state index in [0.717, 1.165) is 19.5 Å². The summed E-state index contributed by atoms with van der Waals surface area (Å²) in [5.74, 6) is 1.51. The second-order valence-corrected chi connectivity index (χ2v) is 7.20. The van der Waals surface area contributed by atoms with Crippen LogP contribution in [-0.4, -0.2) is 37.4 Å². The lowest BCUT2D eigenvalue weighted by atomic mass is 9.75. The van der Waals surface area contributed by atoms with Crippen LogP contribution in [0, 0.1) is 17.8 Å². The Bertz CT molecular complexity index is 339. The molecule has 0 aromatic heterocycles. The van der Waals surface area contributed by atoms with E-state index in [1.165, 1.54) is 12.8 Å². The largest absolute Gasteiger partial charge is 0.460 e. The molecule has 0 radical (unpaired) electrons. The van der Waals surface area contributed by atoms with E-state index >= 15 is 0 Å². The van der Waals surface area contributed by atoms with E-state index in [9.17, 15) is 4.79 Å². The van der Waals surface area contributed by atoms with Crippen LogP contribution < -0.4 is 5.32 Å². The van der Waals surface area contributed by atoms with Crippen molar-refractivity contribution < 1.29 is 14.3 Å². The first kappa shape index (κ1) is 15.8. The maximum Gasteiger partial charge on any atom is 0.332 e. The summed E-state index contributed by atoms with van der Waals surface area (Å²) in [5, 5.41) is 3.16. The summed E-state index contributed by atoms with van der Waals surface area (Å²) in [6.07, 6.45) is 3.48. The van der Waals surface area contributed by atoms with Crippen LogP contribution in [0.1, 0.15) is 47.0 Å². The molecule has 1 aliphatic heterocycles. The van der Waals surface area contributed by atoms with E-state index in [4.69, 9.17) is 9.47 Å². The van der Waals surface area contributed by atoms with Crippen molar-refractivity contribution in [3.63, 3.8) is 0 Å². The van der Waals surface area contributed by atoms with E-state index in [2.05, 4.69) is 26.1 Å². The highest BCUT2D eigenvalue weighted by atomic mass is 16.6. The van der Waals surface area contributed by atoms with Crippen molar-refractivity contribution in [2.24, 2.45) is 17.8 Å². The van der Waals surface area contributed by atoms with Crippen molar-refractivity contribution in [2.75, 3.05) is 19.7 Å². The zero-order valence-corrected chi connectivity index (χ0v) is 13.3. The second-order valence-electron chi connectivity index (χ2n) is 7.20. The summed E-state index contributed by atoms with van der Waals surface area (Å²) in [7, 11) is 0. The monoisotopic (exact) mass is 283 g/mol. The van der Waals surface area contributed by atoms with Crippen LogP contribution in [0.4, 0.5) is 0 Å². The van der Waals surface area contributed by atoms with E-state index in [0.29, 0.717) is 17.8 Å². The van der Waals surface area contributed by atoms with Gasteiger partial charge >= 0.3 is 5.97 Å². The van der Waals surface area contributed by atoms with Crippen LogP contribution in [0.15, 0.2) is 0 Å². The van der Waals surface area contributed by atoms with Gasteiger partial charge in [-0.1, -0.05) is 27.2 Å². The van der Waals surface area contributed by atoms with Gasteiger partial charge in [-0.05, 0) is 37.5 Å². The fourth-order valence-electron chi connectivity index (χ4n) is 3.27. The molecule has 3 unspecified atom stereocenters. The minimum Gasteiger partial charge on any atom is -0.460 e. The molecule has 0 bridgehead atoms. The lowest BCUT2D eigenvalue weighted by molar-refractivity contribution is -0.169. The predicted octanol–water partition coefficient (Wildman–Crippen LogP) is 2.37. The molecule has 2 rings (SSSR count). The Morgan fingerprint density at radius 1 is 1.35 bits per heavy atom. The van der Waals surface area contributed by atoms with Crippen LogP contribution in [0.3, 0.4) is 0 Å². The van der Waals surface area contributed by atoms with Crippen LogP contribution in [0.5, 0.6) is 0 Å². The molecular formula is C16H29NO3. The van der Waals surface area contributed by atoms with Gasteiger partial charge in [0.15, 0.2) is 0 Å². The smallest absolute Gasteiger partial charge is 0.332 e. The molecule has 3 atom stereocenters. The lowest BCUT2D eigenvalue weighted by Crippen LogP contribution is -2.59. The van der Waals surface area contributed by atoms with Gasteiger partial charge < -0.3 is 14.8 Å². The van der Waals surface area contributed by atoms with Gasteiger partial charge in [0.2, 0.25) is 0 Å². The quantitative estimate of drug-likeness (QED) is 0.787. The summed E-state index contributed by atoms with van der Waals surface area (Å²) in [5.41, 5.74) is -0.184. The Labute approximate surface area is 122 Å². The number of rotatable bonds is 5. The molecule has 4 heteroatoms. The Kier molecular flexibility index (Phi) is 5.08. The van der Waals surface area contributed by atoms with Gasteiger partial charge in [0.1, 0.15) is 12.7 Å². The van der Waals surface area contributed by atoms with Crippen LogP contribution in [-0.2, 0) is 14.3 Å². The topological polar surface area (TPSA) is 47.6 Å². The van der Waals surface area contributed by atoms with Gasteiger partial charge in [0, 0.05) is 13.1 Å². The van der Waals surface area contributed by atoms with E-state index in [1.54, 1.807) is 0 Å². The molecule has 1 N–H and O–H groups in total. The average molecular weight is 283 g/mol. The summed E-state index contributed by atoms with van der Waals surface area (Å²) in [4.78, 5) is 12.0. The summed E-state index contributed by atoms with van der Waals surface area (Å²) < 4.78 is 11.4. The zero-order chi connectivity index (χ0) is 14.8. The predicted molar refractivity (Wildman–Crippen MR) is 78.4 cm³/mol. The average Bonchev–Trinajstić information content (AvgIpc) is 2.33. The molecule has 1 saturated heterocycles. The van der Waals surface area contributed by atoms with E-state index in [-0.39, 0.29) is 24.3 Å². The number of ether oxygens (including phenoxy) is 2. The van der Waals surface area contributed by atoms with Crippen LogP contribution in [0.25, 0.3) is 0 Å². The van der Waals surface area contributed by atoms with E-state index in [1.807, 2.05) is 6.92 Å². The highest BCUT2D eigenvalue weighted by Gasteiger charge is 2.35. The van der Waals surface area contributed by atoms with Crippen LogP contribution in [0.2, 0.25) is 0 Å². The first-order valence-corrected chi connectivity index (χ1v) is 7.94. The molecule has 20 heavy (non-hydrogen) atoms. The Morgan fingerprint density at radius 2 is 2.05 bits per heavy atom. The number of carbonyl (C=O) groups excluding carboxylic acids is 1. The fourth-order valence-corrected chi connectivity index (χ4v) is 3.27. The summed E-state index contributed by atoms with van der Waals surface area (Å²) in [6.45, 7) is 10.4. The molecule has 116 valence electrons. The zero-order valence-electron chi connectivity index (χ0n) is 13.3. The van der Waals surface area contributed by atoms with Crippen molar-refractivity contribution in [1.29, 1.82) is 0 Å². The molecule has 0 aromatic carbocycles. The minimum atomic E-state index is -0.206. The first-order chi connectivity index (χ1) is 9.39. The van der Waals surface area contributed by atoms with E-state index < -0.39 is 0 Å². The number of nitrogens with one attached hydrogen (secondary N) is 1. The summed E-state index contributed by atoms with van der Waals surface area (Å²) in [6, 6.07) is 0. The van der Waals surface area contributed by atoms with Crippen LogP contribution >= 0.6 is 0 Å². The lowest BCUT2D eigenvalue weighted by Gasteiger charge is -2.39. The number of carbonyl (C=O) groups is 1. The van der Waals surface area contributed by atoms with Gasteiger partial charge in [-0.2, -0.15) is 0 Å². The third kappa shape index (κ3) is 3.95. The SMILES string of the molecule is CC1CCC(C(C)C)C(OC(=O)COC2(C)CNC2)C1. The summed E-state index contributed by atoms with van der Waals surface area (Å²) >= 11 is 0. The number of hydrogen-bond acceptors (Lipinski definition) is 4. The van der Waals surface area contributed by atoms with Crippen molar-refractivity contribution >= 4 is 5.97 Å². The molecule has 4 nitrogen and oxygen atoms in total. The second kappa shape index (κ2) is 6.44. The third-order valence-electron chi connectivity index (χ3n) is 4.78. The third-order valence-corrected chi connectivity index (χ3v) is 4.78. The van der Waals surface area contributed by atoms with Crippen molar-refractivity contribution in [3.05, 3.63) is 0 Å². The highest BCUT2D eigenvalue weighted by molar-refractivity contribution is 5.71. The van der Waals surface area contributed by atoms with Crippen molar-refractivity contribution in [3.8, 4) is 0 Å². The van der Waals surface area contributed by atoms with Gasteiger partial charge in [0.25, 0.3) is 0 Å². The Hall–Kier alpha value is -0.610. The fraction of sp³-hybridized carbons (Fsp3) is 0.938. The normalized spacial score (nSPS) is 32.8. The maximum atomic E-state index is 12.0. The van der Waals surface area contributed by atoms with Gasteiger partial charge in [-0.3, -0.25) is 0 Å². The molecule has 0 amide bonds. The Morgan fingerprint density at radius 3 is 2.60 bits per heavy atom. The molecule has 1 aliphatic carbocycles. The van der Waals surface area contributed by atoms with Crippen molar-refractivity contribution in [2.45, 2.75) is 58.7 Å². The molecule has 1 saturated carbocycles. The molecule has 0 spiro atoms. The first-order valence-electron chi connectivity index (χ1n) is 7.94. The minimum absolute atomic E-state index is 0.0715. The molecule has 0 aromatic rings. The number of hydrogen-bond donors (Lipinski definition) is 1. The molecule has 2 aliphatic rings. The maximum absolute atomic E-state index is 12.0. The Balaban J connectivity index is 1.81. The van der Waals surface area contributed by atoms with Crippen molar-refractivity contribution in [1.82, 2.24) is 5.32 Å². The standard InChI is InChI=1S/C16H29NO3/c1-11(2)13-6-5-12(3)7-14(13)20-15(18)8-19-16(4)9-17-10-16/h11-14,17H,5-10H2,1-4H3. The number of esters is 1. The van der Waals surface area contributed by atoms with Gasteiger partial charge in [-0.15, -0.1) is 0 Å². The highest BCUT2D eigenvalue weighted by Crippen LogP contribution is 2.35. The molecular weight excluding hydrogens is 254 g/mol.